The predicted octanol–water partition coefficient (Wildman–Crippen LogP) is 3.85. The molecule has 26 heavy (non-hydrogen) atoms. The van der Waals surface area contributed by atoms with Crippen molar-refractivity contribution in [3.05, 3.63) is 42.0 Å². The van der Waals surface area contributed by atoms with Gasteiger partial charge >= 0.3 is 5.97 Å². The lowest BCUT2D eigenvalue weighted by Crippen LogP contribution is -2.47. The second-order valence-electron chi connectivity index (χ2n) is 7.10. The van der Waals surface area contributed by atoms with Gasteiger partial charge in [0.15, 0.2) is 0 Å². The molecule has 1 aliphatic rings. The molecule has 0 bridgehead atoms. The average molecular weight is 377 g/mol. The SMILES string of the molecule is CC1CCC([C@H](NC(=O)c2cc3ccccc3cc2N)C(=O)O)CC1.Cl. The summed E-state index contributed by atoms with van der Waals surface area (Å²) < 4.78 is 0. The van der Waals surface area contributed by atoms with Gasteiger partial charge in [-0.1, -0.05) is 44.0 Å². The summed E-state index contributed by atoms with van der Waals surface area (Å²) in [5.74, 6) is -0.807. The third-order valence-electron chi connectivity index (χ3n) is 5.25. The minimum absolute atomic E-state index is 0. The Bertz CT molecular complexity index is 801. The zero-order valence-corrected chi connectivity index (χ0v) is 15.6. The van der Waals surface area contributed by atoms with E-state index >= 15 is 0 Å². The van der Waals surface area contributed by atoms with Crippen LogP contribution in [0.4, 0.5) is 5.69 Å². The van der Waals surface area contributed by atoms with Crippen LogP contribution in [0.2, 0.25) is 0 Å². The third kappa shape index (κ3) is 4.28. The average Bonchev–Trinajstić information content (AvgIpc) is 2.59. The molecule has 0 radical (unpaired) electrons. The van der Waals surface area contributed by atoms with E-state index in [1.807, 2.05) is 24.3 Å². The number of carboxylic acids is 1. The first kappa shape index (κ1) is 20.0. The minimum atomic E-state index is -0.979. The number of nitrogens with two attached hydrogens (primary N) is 1. The van der Waals surface area contributed by atoms with Gasteiger partial charge in [-0.15, -0.1) is 12.4 Å². The standard InChI is InChI=1S/C20H24N2O3.ClH/c1-12-6-8-13(9-7-12)18(20(24)25)22-19(23)16-10-14-4-2-3-5-15(14)11-17(16)21;/h2-5,10-13,18H,6-9,21H2,1H3,(H,22,23)(H,24,25);1H/t12?,13?,18-;/m0./s1. The van der Waals surface area contributed by atoms with Gasteiger partial charge in [0.25, 0.3) is 5.91 Å². The number of halogens is 1. The molecule has 4 N–H and O–H groups in total. The normalized spacial score (nSPS) is 20.8. The Kier molecular flexibility index (Phi) is 6.48. The summed E-state index contributed by atoms with van der Waals surface area (Å²) in [6.45, 7) is 2.18. The lowest BCUT2D eigenvalue weighted by Gasteiger charge is -2.31. The molecule has 1 aliphatic carbocycles. The summed E-state index contributed by atoms with van der Waals surface area (Å²) in [5, 5.41) is 14.1. The second kappa shape index (κ2) is 8.41. The third-order valence-corrected chi connectivity index (χ3v) is 5.25. The first-order chi connectivity index (χ1) is 12.0. The zero-order valence-electron chi connectivity index (χ0n) is 14.8. The first-order valence-electron chi connectivity index (χ1n) is 8.77. The summed E-state index contributed by atoms with van der Waals surface area (Å²) in [4.78, 5) is 24.4. The van der Waals surface area contributed by atoms with Gasteiger partial charge in [0, 0.05) is 5.69 Å². The van der Waals surface area contributed by atoms with E-state index in [0.717, 1.165) is 36.5 Å². The van der Waals surface area contributed by atoms with Gasteiger partial charge in [-0.2, -0.15) is 0 Å². The number of nitrogens with one attached hydrogen (secondary N) is 1. The van der Waals surface area contributed by atoms with Gasteiger partial charge in [0.2, 0.25) is 0 Å². The van der Waals surface area contributed by atoms with E-state index < -0.39 is 17.9 Å². The van der Waals surface area contributed by atoms with Gasteiger partial charge in [0.05, 0.1) is 5.56 Å². The fourth-order valence-corrected chi connectivity index (χ4v) is 3.67. The van der Waals surface area contributed by atoms with Gasteiger partial charge in [-0.25, -0.2) is 4.79 Å². The Balaban J connectivity index is 0.00000243. The van der Waals surface area contributed by atoms with Crippen LogP contribution < -0.4 is 11.1 Å². The largest absolute Gasteiger partial charge is 0.480 e. The summed E-state index contributed by atoms with van der Waals surface area (Å²) >= 11 is 0. The Morgan fingerprint density at radius 2 is 1.69 bits per heavy atom. The van der Waals surface area contributed by atoms with Crippen LogP contribution in [0.3, 0.4) is 0 Å². The summed E-state index contributed by atoms with van der Waals surface area (Å²) in [6, 6.07) is 10.2. The summed E-state index contributed by atoms with van der Waals surface area (Å²) in [6.07, 6.45) is 3.65. The Hall–Kier alpha value is -2.27. The van der Waals surface area contributed by atoms with Crippen molar-refractivity contribution in [3.63, 3.8) is 0 Å². The number of amides is 1. The topological polar surface area (TPSA) is 92.4 Å². The highest BCUT2D eigenvalue weighted by molar-refractivity contribution is 6.05. The van der Waals surface area contributed by atoms with Gasteiger partial charge in [0.1, 0.15) is 6.04 Å². The molecule has 0 aromatic heterocycles. The van der Waals surface area contributed by atoms with Crippen molar-refractivity contribution in [2.24, 2.45) is 11.8 Å². The Morgan fingerprint density at radius 3 is 2.27 bits per heavy atom. The number of carboxylic acid groups (broad SMARTS) is 1. The molecule has 140 valence electrons. The summed E-state index contributed by atoms with van der Waals surface area (Å²) in [5.41, 5.74) is 6.71. The van der Waals surface area contributed by atoms with Crippen LogP contribution in [0.1, 0.15) is 43.0 Å². The fraction of sp³-hybridized carbons (Fsp3) is 0.400. The van der Waals surface area contributed by atoms with Crippen molar-refractivity contribution in [3.8, 4) is 0 Å². The fourth-order valence-electron chi connectivity index (χ4n) is 3.67. The number of hydrogen-bond acceptors (Lipinski definition) is 3. The van der Waals surface area contributed by atoms with E-state index in [4.69, 9.17) is 5.73 Å². The highest BCUT2D eigenvalue weighted by atomic mass is 35.5. The lowest BCUT2D eigenvalue weighted by molar-refractivity contribution is -0.141. The molecule has 0 heterocycles. The number of hydrogen-bond donors (Lipinski definition) is 3. The van der Waals surface area contributed by atoms with Crippen LogP contribution >= 0.6 is 12.4 Å². The molecular formula is C20H25ClN2O3. The highest BCUT2D eigenvalue weighted by Gasteiger charge is 2.32. The molecule has 2 aromatic carbocycles. The molecule has 0 spiro atoms. The zero-order chi connectivity index (χ0) is 18.0. The van der Waals surface area contributed by atoms with E-state index in [-0.39, 0.29) is 18.3 Å². The Labute approximate surface area is 159 Å². The van der Waals surface area contributed by atoms with E-state index in [2.05, 4.69) is 12.2 Å². The quantitative estimate of drug-likeness (QED) is 0.706. The molecule has 6 heteroatoms. The van der Waals surface area contributed by atoms with Crippen molar-refractivity contribution in [2.75, 3.05) is 5.73 Å². The van der Waals surface area contributed by atoms with Gasteiger partial charge in [-0.05, 0) is 47.6 Å². The number of anilines is 1. The molecule has 5 nitrogen and oxygen atoms in total. The van der Waals surface area contributed by atoms with E-state index in [1.54, 1.807) is 12.1 Å². The maximum absolute atomic E-state index is 12.7. The van der Waals surface area contributed by atoms with E-state index in [9.17, 15) is 14.7 Å². The van der Waals surface area contributed by atoms with Crippen molar-refractivity contribution in [1.29, 1.82) is 0 Å². The van der Waals surface area contributed by atoms with Crippen molar-refractivity contribution in [2.45, 2.75) is 38.6 Å². The number of rotatable bonds is 4. The molecule has 0 saturated heterocycles. The molecule has 1 saturated carbocycles. The van der Waals surface area contributed by atoms with Crippen LogP contribution in [0.5, 0.6) is 0 Å². The van der Waals surface area contributed by atoms with Crippen LogP contribution in [-0.2, 0) is 4.79 Å². The van der Waals surface area contributed by atoms with Crippen molar-refractivity contribution < 1.29 is 14.7 Å². The molecule has 2 aromatic rings. The molecule has 1 fully saturated rings. The van der Waals surface area contributed by atoms with Crippen LogP contribution in [0.25, 0.3) is 10.8 Å². The minimum Gasteiger partial charge on any atom is -0.480 e. The maximum Gasteiger partial charge on any atom is 0.326 e. The number of benzene rings is 2. The number of carbonyl (C=O) groups excluding carboxylic acids is 1. The second-order valence-corrected chi connectivity index (χ2v) is 7.10. The molecule has 1 amide bonds. The van der Waals surface area contributed by atoms with Crippen molar-refractivity contribution >= 4 is 40.7 Å². The molecule has 3 rings (SSSR count). The van der Waals surface area contributed by atoms with Gasteiger partial charge < -0.3 is 16.2 Å². The molecule has 1 atom stereocenters. The van der Waals surface area contributed by atoms with Gasteiger partial charge in [-0.3, -0.25) is 4.79 Å². The smallest absolute Gasteiger partial charge is 0.326 e. The highest BCUT2D eigenvalue weighted by Crippen LogP contribution is 2.31. The number of carbonyl (C=O) groups is 2. The first-order valence-corrected chi connectivity index (χ1v) is 8.77. The number of fused-ring (bicyclic) bond motifs is 1. The Morgan fingerprint density at radius 1 is 1.12 bits per heavy atom. The van der Waals surface area contributed by atoms with E-state index in [1.165, 1.54) is 0 Å². The predicted molar refractivity (Wildman–Crippen MR) is 106 cm³/mol. The number of aliphatic carboxylic acids is 1. The van der Waals surface area contributed by atoms with Crippen molar-refractivity contribution in [1.82, 2.24) is 5.32 Å². The van der Waals surface area contributed by atoms with Crippen LogP contribution in [-0.4, -0.2) is 23.0 Å². The molecule has 0 unspecified atom stereocenters. The lowest BCUT2D eigenvalue weighted by atomic mass is 9.79. The van der Waals surface area contributed by atoms with E-state index in [0.29, 0.717) is 17.2 Å². The van der Waals surface area contributed by atoms with Crippen LogP contribution in [0, 0.1) is 11.8 Å². The maximum atomic E-state index is 12.7. The molecular weight excluding hydrogens is 352 g/mol. The van der Waals surface area contributed by atoms with Crippen LogP contribution in [0.15, 0.2) is 36.4 Å². The summed E-state index contributed by atoms with van der Waals surface area (Å²) in [7, 11) is 0. The number of nitrogen functional groups attached to an aromatic ring is 1. The monoisotopic (exact) mass is 376 g/mol. The molecule has 0 aliphatic heterocycles.